The highest BCUT2D eigenvalue weighted by Crippen LogP contribution is 2.07. The fourth-order valence-electron chi connectivity index (χ4n) is 1.41. The lowest BCUT2D eigenvalue weighted by Gasteiger charge is -2.06. The van der Waals surface area contributed by atoms with Crippen LogP contribution in [0.15, 0.2) is 47.7 Å². The molecule has 0 amide bonds. The summed E-state index contributed by atoms with van der Waals surface area (Å²) in [6, 6.07) is 8.71. The molecule has 0 unspecified atom stereocenters. The molecule has 0 saturated heterocycles. The first-order chi connectivity index (χ1) is 10.3. The molecule has 3 N–H and O–H groups in total. The molecule has 0 fully saturated rings. The van der Waals surface area contributed by atoms with E-state index >= 15 is 0 Å². The number of carboxylic acid groups (broad SMARTS) is 1. The van der Waals surface area contributed by atoms with Crippen molar-refractivity contribution >= 4 is 21.7 Å². The van der Waals surface area contributed by atoms with Crippen molar-refractivity contribution in [1.82, 2.24) is 9.97 Å². The van der Waals surface area contributed by atoms with E-state index in [9.17, 15) is 13.2 Å². The van der Waals surface area contributed by atoms with Gasteiger partial charge in [0.05, 0.1) is 18.3 Å². The minimum absolute atomic E-state index is 0.0894. The molecule has 22 heavy (non-hydrogen) atoms. The van der Waals surface area contributed by atoms with E-state index in [1.54, 1.807) is 30.3 Å². The lowest BCUT2D eigenvalue weighted by Crippen LogP contribution is -2.21. The van der Waals surface area contributed by atoms with Crippen LogP contribution in [0.2, 0.25) is 0 Å². The molecule has 0 saturated carbocycles. The number of hydrogen-bond acceptors (Lipinski definition) is 5. The monoisotopic (exact) mass is 325 g/mol. The van der Waals surface area contributed by atoms with Crippen molar-refractivity contribution in [2.45, 2.75) is 12.7 Å². The predicted molar refractivity (Wildman–Crippen MR) is 80.9 cm³/mol. The molecule has 0 aliphatic rings. The molecule has 1 heterocycles. The van der Waals surface area contributed by atoms with Gasteiger partial charge in [0, 0.05) is 6.92 Å². The maximum Gasteiger partial charge on any atom is 0.300 e. The van der Waals surface area contributed by atoms with Crippen LogP contribution in [-0.2, 0) is 20.6 Å². The third-order valence-corrected chi connectivity index (χ3v) is 3.43. The van der Waals surface area contributed by atoms with Gasteiger partial charge in [-0.25, -0.2) is 13.4 Å². The predicted octanol–water partition coefficient (Wildman–Crippen LogP) is 0.803. The van der Waals surface area contributed by atoms with E-state index in [2.05, 4.69) is 14.7 Å². The highest BCUT2D eigenvalue weighted by atomic mass is 32.2. The van der Waals surface area contributed by atoms with Gasteiger partial charge in [-0.15, -0.1) is 0 Å². The van der Waals surface area contributed by atoms with E-state index in [1.807, 2.05) is 0 Å². The standard InChI is InChI=1S/C11H11N3O3S.C2H4O2/c15-11-10(6-12-8-13-11)14-18(16,17)7-9-4-2-1-3-5-9;1-2(3)4/h1-6,8,14H,7H2,(H,12,13,15);1H3,(H,3,4). The summed E-state index contributed by atoms with van der Waals surface area (Å²) in [5.74, 6) is -1.03. The van der Waals surface area contributed by atoms with Crippen LogP contribution in [-0.4, -0.2) is 29.5 Å². The zero-order valence-electron chi connectivity index (χ0n) is 11.7. The third kappa shape index (κ3) is 6.66. The van der Waals surface area contributed by atoms with Crippen LogP contribution in [0.1, 0.15) is 12.5 Å². The molecule has 2 aromatic rings. The zero-order chi connectivity index (χ0) is 16.6. The van der Waals surface area contributed by atoms with Gasteiger partial charge in [-0.1, -0.05) is 30.3 Å². The number of carbonyl (C=O) groups is 1. The molecule has 9 heteroatoms. The Hall–Kier alpha value is -2.68. The van der Waals surface area contributed by atoms with Crippen LogP contribution in [0.3, 0.4) is 0 Å². The molecule has 0 aliphatic carbocycles. The number of aromatic amines is 1. The molecule has 8 nitrogen and oxygen atoms in total. The van der Waals surface area contributed by atoms with Crippen molar-refractivity contribution < 1.29 is 18.3 Å². The molecule has 0 bridgehead atoms. The number of aliphatic carboxylic acids is 1. The molecule has 1 aromatic carbocycles. The number of nitrogens with one attached hydrogen (secondary N) is 2. The van der Waals surface area contributed by atoms with E-state index in [0.717, 1.165) is 6.92 Å². The number of benzene rings is 1. The Morgan fingerprint density at radius 2 is 1.91 bits per heavy atom. The molecule has 0 radical (unpaired) electrons. The van der Waals surface area contributed by atoms with Gasteiger partial charge >= 0.3 is 0 Å². The van der Waals surface area contributed by atoms with Gasteiger partial charge in [0.1, 0.15) is 5.69 Å². The Labute approximate surface area is 126 Å². The van der Waals surface area contributed by atoms with Crippen molar-refractivity contribution in [3.8, 4) is 0 Å². The van der Waals surface area contributed by atoms with Crippen LogP contribution >= 0.6 is 0 Å². The van der Waals surface area contributed by atoms with Crippen molar-refractivity contribution in [2.24, 2.45) is 0 Å². The molecule has 0 aliphatic heterocycles. The first-order valence-electron chi connectivity index (χ1n) is 6.07. The minimum atomic E-state index is -3.62. The summed E-state index contributed by atoms with van der Waals surface area (Å²) >= 11 is 0. The Kier molecular flexibility index (Phi) is 6.26. The second-order valence-corrected chi connectivity index (χ2v) is 5.88. The zero-order valence-corrected chi connectivity index (χ0v) is 12.5. The number of nitrogens with zero attached hydrogens (tertiary/aromatic N) is 1. The largest absolute Gasteiger partial charge is 0.481 e. The van der Waals surface area contributed by atoms with E-state index in [0.29, 0.717) is 5.56 Å². The van der Waals surface area contributed by atoms with E-state index in [1.165, 1.54) is 12.5 Å². The first-order valence-corrected chi connectivity index (χ1v) is 7.72. The molecule has 0 atom stereocenters. The van der Waals surface area contributed by atoms with Gasteiger partial charge in [-0.3, -0.25) is 14.3 Å². The van der Waals surface area contributed by atoms with Crippen molar-refractivity contribution in [1.29, 1.82) is 0 Å². The van der Waals surface area contributed by atoms with Crippen molar-refractivity contribution in [3.05, 3.63) is 58.8 Å². The summed E-state index contributed by atoms with van der Waals surface area (Å²) in [5, 5.41) is 7.42. The van der Waals surface area contributed by atoms with Gasteiger partial charge < -0.3 is 10.1 Å². The maximum atomic E-state index is 11.8. The summed E-state index contributed by atoms with van der Waals surface area (Å²) in [6.07, 6.45) is 2.36. The summed E-state index contributed by atoms with van der Waals surface area (Å²) in [5.41, 5.74) is 0.0281. The van der Waals surface area contributed by atoms with Crippen LogP contribution in [0.5, 0.6) is 0 Å². The van der Waals surface area contributed by atoms with Crippen LogP contribution in [0, 0.1) is 0 Å². The molecule has 118 valence electrons. The fourth-order valence-corrected chi connectivity index (χ4v) is 2.60. The van der Waals surface area contributed by atoms with Gasteiger partial charge in [0.2, 0.25) is 10.0 Å². The summed E-state index contributed by atoms with van der Waals surface area (Å²) in [4.78, 5) is 26.3. The second-order valence-electron chi connectivity index (χ2n) is 4.16. The lowest BCUT2D eigenvalue weighted by molar-refractivity contribution is -0.134. The summed E-state index contributed by atoms with van der Waals surface area (Å²) < 4.78 is 25.9. The first kappa shape index (κ1) is 17.4. The molecular weight excluding hydrogens is 310 g/mol. The normalized spacial score (nSPS) is 10.2. The van der Waals surface area contributed by atoms with Crippen LogP contribution in [0.4, 0.5) is 5.69 Å². The van der Waals surface area contributed by atoms with Crippen LogP contribution < -0.4 is 10.3 Å². The van der Waals surface area contributed by atoms with Gasteiger partial charge in [0.25, 0.3) is 11.5 Å². The Balaban J connectivity index is 0.000000541. The number of rotatable bonds is 4. The summed E-state index contributed by atoms with van der Waals surface area (Å²) in [6.45, 7) is 1.08. The Bertz CT molecular complexity index is 768. The minimum Gasteiger partial charge on any atom is -0.481 e. The molecule has 0 spiro atoms. The Morgan fingerprint density at radius 1 is 1.32 bits per heavy atom. The highest BCUT2D eigenvalue weighted by Gasteiger charge is 2.13. The van der Waals surface area contributed by atoms with Gasteiger partial charge in [-0.05, 0) is 5.56 Å². The number of anilines is 1. The average Bonchev–Trinajstić information content (AvgIpc) is 2.41. The number of carboxylic acids is 1. The topological polar surface area (TPSA) is 129 Å². The average molecular weight is 325 g/mol. The van der Waals surface area contributed by atoms with Crippen molar-refractivity contribution in [3.63, 3.8) is 0 Å². The smallest absolute Gasteiger partial charge is 0.300 e. The number of hydrogen-bond donors (Lipinski definition) is 3. The third-order valence-electron chi connectivity index (χ3n) is 2.18. The van der Waals surface area contributed by atoms with Gasteiger partial charge in [0.15, 0.2) is 0 Å². The van der Waals surface area contributed by atoms with Crippen LogP contribution in [0.25, 0.3) is 0 Å². The number of aromatic nitrogens is 2. The van der Waals surface area contributed by atoms with Crippen molar-refractivity contribution in [2.75, 3.05) is 4.72 Å². The van der Waals surface area contributed by atoms with E-state index in [-0.39, 0.29) is 11.4 Å². The quantitative estimate of drug-likeness (QED) is 0.762. The summed E-state index contributed by atoms with van der Waals surface area (Å²) in [7, 11) is -3.62. The number of H-pyrrole nitrogens is 1. The SMILES string of the molecule is CC(=O)O.O=c1[nH]cncc1NS(=O)(=O)Cc1ccccc1. The number of sulfonamides is 1. The highest BCUT2D eigenvalue weighted by molar-refractivity contribution is 7.91. The molecular formula is C13H15N3O5S. The molecule has 2 rings (SSSR count). The lowest BCUT2D eigenvalue weighted by atomic mass is 10.2. The Morgan fingerprint density at radius 3 is 2.45 bits per heavy atom. The fraction of sp³-hybridized carbons (Fsp3) is 0.154. The maximum absolute atomic E-state index is 11.8. The van der Waals surface area contributed by atoms with E-state index in [4.69, 9.17) is 9.90 Å². The second kappa shape index (κ2) is 7.93. The van der Waals surface area contributed by atoms with Gasteiger partial charge in [-0.2, -0.15) is 0 Å². The molecule has 1 aromatic heterocycles. The van der Waals surface area contributed by atoms with E-state index < -0.39 is 21.6 Å².